The fraction of sp³-hybridized carbons (Fsp3) is 0.647. The summed E-state index contributed by atoms with van der Waals surface area (Å²) in [6.07, 6.45) is 7.42. The predicted molar refractivity (Wildman–Crippen MR) is 74.6 cm³/mol. The standard InChI is InChI=1S/C17H24O/c1-2-12-7-9-13(10-8-12)17(18)16-11-14-5-3-4-6-15(14)16/h3-6,12-13,16-18H,2,7-11H2,1H3. The zero-order chi connectivity index (χ0) is 12.5. The van der Waals surface area contributed by atoms with Gasteiger partial charge in [0.1, 0.15) is 0 Å². The first-order valence-corrected chi connectivity index (χ1v) is 7.55. The highest BCUT2D eigenvalue weighted by Crippen LogP contribution is 2.43. The van der Waals surface area contributed by atoms with Crippen LogP contribution in [-0.4, -0.2) is 11.2 Å². The van der Waals surface area contributed by atoms with Crippen LogP contribution in [0.15, 0.2) is 24.3 Å². The summed E-state index contributed by atoms with van der Waals surface area (Å²) < 4.78 is 0. The van der Waals surface area contributed by atoms with Crippen LogP contribution in [0.25, 0.3) is 0 Å². The Kier molecular flexibility index (Phi) is 3.43. The summed E-state index contributed by atoms with van der Waals surface area (Å²) in [6.45, 7) is 2.30. The number of aliphatic hydroxyl groups excluding tert-OH is 1. The summed E-state index contributed by atoms with van der Waals surface area (Å²) in [5, 5.41) is 10.6. The summed E-state index contributed by atoms with van der Waals surface area (Å²) in [6, 6.07) is 8.61. The van der Waals surface area contributed by atoms with Crippen molar-refractivity contribution < 1.29 is 5.11 Å². The Morgan fingerprint density at radius 2 is 1.89 bits per heavy atom. The van der Waals surface area contributed by atoms with Crippen LogP contribution in [0.5, 0.6) is 0 Å². The molecule has 0 amide bonds. The van der Waals surface area contributed by atoms with Crippen molar-refractivity contribution in [2.75, 3.05) is 0 Å². The Morgan fingerprint density at radius 1 is 1.17 bits per heavy atom. The molecule has 1 N–H and O–H groups in total. The maximum absolute atomic E-state index is 10.6. The predicted octanol–water partition coefficient (Wildman–Crippen LogP) is 3.90. The molecule has 2 aliphatic carbocycles. The Morgan fingerprint density at radius 3 is 2.56 bits per heavy atom. The van der Waals surface area contributed by atoms with Crippen LogP contribution >= 0.6 is 0 Å². The molecule has 2 aliphatic rings. The first kappa shape index (κ1) is 12.2. The molecule has 0 spiro atoms. The van der Waals surface area contributed by atoms with E-state index in [1.54, 1.807) is 0 Å². The fourth-order valence-electron chi connectivity index (χ4n) is 3.87. The van der Waals surface area contributed by atoms with Gasteiger partial charge >= 0.3 is 0 Å². The van der Waals surface area contributed by atoms with E-state index in [0.717, 1.165) is 12.3 Å². The SMILES string of the molecule is CCC1CCC(C(O)C2Cc3ccccc32)CC1. The van der Waals surface area contributed by atoms with Crippen molar-refractivity contribution in [3.8, 4) is 0 Å². The molecule has 0 bridgehead atoms. The Hall–Kier alpha value is -0.820. The molecule has 0 radical (unpaired) electrons. The molecule has 1 saturated carbocycles. The summed E-state index contributed by atoms with van der Waals surface area (Å²) in [4.78, 5) is 0. The highest BCUT2D eigenvalue weighted by molar-refractivity contribution is 5.40. The number of rotatable bonds is 3. The fourth-order valence-corrected chi connectivity index (χ4v) is 3.87. The van der Waals surface area contributed by atoms with Gasteiger partial charge in [-0.3, -0.25) is 0 Å². The maximum atomic E-state index is 10.6. The molecular formula is C17H24O. The molecule has 0 aliphatic heterocycles. The summed E-state index contributed by atoms with van der Waals surface area (Å²) in [5.74, 6) is 1.89. The van der Waals surface area contributed by atoms with Gasteiger partial charge in [-0.2, -0.15) is 0 Å². The summed E-state index contributed by atoms with van der Waals surface area (Å²) >= 11 is 0. The summed E-state index contributed by atoms with van der Waals surface area (Å²) in [7, 11) is 0. The van der Waals surface area contributed by atoms with E-state index in [9.17, 15) is 5.11 Å². The highest BCUT2D eigenvalue weighted by Gasteiger charge is 2.37. The maximum Gasteiger partial charge on any atom is 0.0640 e. The molecule has 0 saturated heterocycles. The Balaban J connectivity index is 1.62. The molecular weight excluding hydrogens is 220 g/mol. The third kappa shape index (κ3) is 2.09. The third-order valence-corrected chi connectivity index (χ3v) is 5.26. The number of aliphatic hydroxyl groups is 1. The van der Waals surface area contributed by atoms with Crippen LogP contribution in [0, 0.1) is 11.8 Å². The van der Waals surface area contributed by atoms with Crippen molar-refractivity contribution in [2.24, 2.45) is 11.8 Å². The minimum atomic E-state index is -0.0993. The van der Waals surface area contributed by atoms with Crippen molar-refractivity contribution in [1.29, 1.82) is 0 Å². The average Bonchev–Trinajstić information content (AvgIpc) is 2.40. The molecule has 1 nitrogen and oxygen atoms in total. The highest BCUT2D eigenvalue weighted by atomic mass is 16.3. The van der Waals surface area contributed by atoms with Gasteiger partial charge in [0.2, 0.25) is 0 Å². The van der Waals surface area contributed by atoms with E-state index >= 15 is 0 Å². The largest absolute Gasteiger partial charge is 0.392 e. The zero-order valence-corrected chi connectivity index (χ0v) is 11.3. The van der Waals surface area contributed by atoms with Crippen LogP contribution < -0.4 is 0 Å². The topological polar surface area (TPSA) is 20.2 Å². The van der Waals surface area contributed by atoms with Gasteiger partial charge < -0.3 is 5.11 Å². The van der Waals surface area contributed by atoms with Crippen molar-refractivity contribution in [2.45, 2.75) is 57.5 Å². The number of fused-ring (bicyclic) bond motifs is 1. The van der Waals surface area contributed by atoms with Gasteiger partial charge in [-0.1, -0.05) is 50.5 Å². The lowest BCUT2D eigenvalue weighted by molar-refractivity contribution is 0.0445. The molecule has 1 aromatic carbocycles. The molecule has 1 heteroatoms. The summed E-state index contributed by atoms with van der Waals surface area (Å²) in [5.41, 5.74) is 2.85. The number of hydrogen-bond acceptors (Lipinski definition) is 1. The first-order chi connectivity index (χ1) is 8.79. The monoisotopic (exact) mass is 244 g/mol. The van der Waals surface area contributed by atoms with Crippen LogP contribution in [0.2, 0.25) is 0 Å². The van der Waals surface area contributed by atoms with Crippen molar-refractivity contribution in [3.63, 3.8) is 0 Å². The van der Waals surface area contributed by atoms with Gasteiger partial charge in [-0.15, -0.1) is 0 Å². The molecule has 18 heavy (non-hydrogen) atoms. The smallest absolute Gasteiger partial charge is 0.0640 e. The van der Waals surface area contributed by atoms with E-state index in [-0.39, 0.29) is 6.10 Å². The average molecular weight is 244 g/mol. The molecule has 0 heterocycles. The van der Waals surface area contributed by atoms with Gasteiger partial charge in [0.25, 0.3) is 0 Å². The van der Waals surface area contributed by atoms with Crippen molar-refractivity contribution >= 4 is 0 Å². The second-order valence-corrected chi connectivity index (χ2v) is 6.19. The van der Waals surface area contributed by atoms with E-state index in [4.69, 9.17) is 0 Å². The zero-order valence-electron chi connectivity index (χ0n) is 11.3. The van der Waals surface area contributed by atoms with Gasteiger partial charge in [0, 0.05) is 5.92 Å². The Bertz CT molecular complexity index is 404. The molecule has 1 aromatic rings. The van der Waals surface area contributed by atoms with Crippen LogP contribution in [0.3, 0.4) is 0 Å². The lowest BCUT2D eigenvalue weighted by Gasteiger charge is -2.40. The lowest BCUT2D eigenvalue weighted by Crippen LogP contribution is -2.36. The lowest BCUT2D eigenvalue weighted by atomic mass is 9.68. The molecule has 98 valence electrons. The molecule has 3 rings (SSSR count). The van der Waals surface area contributed by atoms with Gasteiger partial charge in [0.15, 0.2) is 0 Å². The van der Waals surface area contributed by atoms with Crippen molar-refractivity contribution in [3.05, 3.63) is 35.4 Å². The molecule has 0 aromatic heterocycles. The van der Waals surface area contributed by atoms with Gasteiger partial charge in [-0.25, -0.2) is 0 Å². The van der Waals surface area contributed by atoms with E-state index < -0.39 is 0 Å². The second-order valence-electron chi connectivity index (χ2n) is 6.19. The molecule has 2 atom stereocenters. The van der Waals surface area contributed by atoms with E-state index in [1.165, 1.54) is 43.2 Å². The molecule has 2 unspecified atom stereocenters. The van der Waals surface area contributed by atoms with E-state index in [1.807, 2.05) is 0 Å². The normalized spacial score (nSPS) is 32.4. The van der Waals surface area contributed by atoms with Gasteiger partial charge in [-0.05, 0) is 42.2 Å². The Labute approximate surface area is 110 Å². The first-order valence-electron chi connectivity index (χ1n) is 7.55. The van der Waals surface area contributed by atoms with E-state index in [0.29, 0.717) is 11.8 Å². The van der Waals surface area contributed by atoms with Crippen LogP contribution in [0.1, 0.15) is 56.1 Å². The minimum Gasteiger partial charge on any atom is -0.392 e. The number of hydrogen-bond donors (Lipinski definition) is 1. The van der Waals surface area contributed by atoms with Gasteiger partial charge in [0.05, 0.1) is 6.10 Å². The second kappa shape index (κ2) is 5.05. The molecule has 1 fully saturated rings. The minimum absolute atomic E-state index is 0.0993. The third-order valence-electron chi connectivity index (χ3n) is 5.26. The number of benzene rings is 1. The van der Waals surface area contributed by atoms with Crippen LogP contribution in [0.4, 0.5) is 0 Å². The van der Waals surface area contributed by atoms with Crippen LogP contribution in [-0.2, 0) is 6.42 Å². The quantitative estimate of drug-likeness (QED) is 0.855. The van der Waals surface area contributed by atoms with E-state index in [2.05, 4.69) is 31.2 Å². The van der Waals surface area contributed by atoms with Crippen molar-refractivity contribution in [1.82, 2.24) is 0 Å².